The quantitative estimate of drug-likeness (QED) is 0.526. The second-order valence-corrected chi connectivity index (χ2v) is 8.52. The standard InChI is InChI=1S/C23H27N5O4/c1-15-20(16(2)32-25-15)13-26-12-19(10-24-26)28-21(29)23(3,4)27(22(28)30)11-17-7-6-8-18(9-17)14-31-5/h6-10,12H,11,13-14H2,1-5H3. The molecule has 0 N–H and O–H groups in total. The SMILES string of the molecule is COCc1cccc(CN2C(=O)N(c3cnn(Cc4c(C)noc4C)c3)C(=O)C2(C)C)c1. The fourth-order valence-corrected chi connectivity index (χ4v) is 3.94. The summed E-state index contributed by atoms with van der Waals surface area (Å²) in [7, 11) is 1.64. The Morgan fingerprint density at radius 3 is 2.56 bits per heavy atom. The maximum absolute atomic E-state index is 13.3. The van der Waals surface area contributed by atoms with Crippen LogP contribution >= 0.6 is 0 Å². The number of methoxy groups -OCH3 is 1. The van der Waals surface area contributed by atoms with Gasteiger partial charge >= 0.3 is 6.03 Å². The highest BCUT2D eigenvalue weighted by Gasteiger charge is 2.52. The third-order valence-corrected chi connectivity index (χ3v) is 5.85. The maximum Gasteiger partial charge on any atom is 0.332 e. The van der Waals surface area contributed by atoms with E-state index in [0.717, 1.165) is 28.1 Å². The highest BCUT2D eigenvalue weighted by atomic mass is 16.5. The van der Waals surface area contributed by atoms with E-state index in [1.807, 2.05) is 38.1 Å². The van der Waals surface area contributed by atoms with Crippen LogP contribution in [-0.4, -0.2) is 44.4 Å². The Morgan fingerprint density at radius 2 is 1.88 bits per heavy atom. The van der Waals surface area contributed by atoms with Crippen molar-refractivity contribution in [2.75, 3.05) is 12.0 Å². The predicted molar refractivity (Wildman–Crippen MR) is 117 cm³/mol. The van der Waals surface area contributed by atoms with E-state index in [0.29, 0.717) is 25.4 Å². The van der Waals surface area contributed by atoms with Gasteiger partial charge in [-0.05, 0) is 38.8 Å². The van der Waals surface area contributed by atoms with E-state index >= 15 is 0 Å². The zero-order valence-corrected chi connectivity index (χ0v) is 19.0. The zero-order valence-electron chi connectivity index (χ0n) is 19.0. The Hall–Kier alpha value is -3.46. The first-order valence-electron chi connectivity index (χ1n) is 10.4. The predicted octanol–water partition coefficient (Wildman–Crippen LogP) is 3.43. The minimum absolute atomic E-state index is 0.285. The van der Waals surface area contributed by atoms with Crippen LogP contribution in [-0.2, 0) is 29.2 Å². The summed E-state index contributed by atoms with van der Waals surface area (Å²) in [6.45, 7) is 8.48. The van der Waals surface area contributed by atoms with Gasteiger partial charge in [0, 0.05) is 25.4 Å². The van der Waals surface area contributed by atoms with E-state index in [2.05, 4.69) is 10.3 Å². The molecule has 0 atom stereocenters. The van der Waals surface area contributed by atoms with Crippen molar-refractivity contribution in [3.63, 3.8) is 0 Å². The molecular weight excluding hydrogens is 410 g/mol. The molecule has 1 aromatic carbocycles. The number of carbonyl (C=O) groups is 2. The van der Waals surface area contributed by atoms with Gasteiger partial charge in [0.2, 0.25) is 0 Å². The number of aryl methyl sites for hydroxylation is 2. The van der Waals surface area contributed by atoms with Crippen LogP contribution in [0.2, 0.25) is 0 Å². The second-order valence-electron chi connectivity index (χ2n) is 8.52. The van der Waals surface area contributed by atoms with Crippen molar-refractivity contribution in [2.24, 2.45) is 0 Å². The van der Waals surface area contributed by atoms with Gasteiger partial charge in [0.25, 0.3) is 5.91 Å². The Labute approximate surface area is 186 Å². The molecule has 0 bridgehead atoms. The number of hydrogen-bond donors (Lipinski definition) is 0. The first-order valence-corrected chi connectivity index (χ1v) is 10.4. The first-order chi connectivity index (χ1) is 15.2. The molecule has 3 amide bonds. The van der Waals surface area contributed by atoms with Crippen molar-refractivity contribution in [1.29, 1.82) is 0 Å². The lowest BCUT2D eigenvalue weighted by Gasteiger charge is -2.27. The van der Waals surface area contributed by atoms with Crippen molar-refractivity contribution in [3.8, 4) is 0 Å². The number of aromatic nitrogens is 3. The molecule has 1 fully saturated rings. The number of rotatable bonds is 7. The summed E-state index contributed by atoms with van der Waals surface area (Å²) in [5.74, 6) is 0.434. The minimum atomic E-state index is -0.988. The number of imide groups is 1. The number of nitrogens with zero attached hydrogens (tertiary/aromatic N) is 5. The van der Waals surface area contributed by atoms with E-state index in [1.165, 1.54) is 11.1 Å². The molecule has 3 heterocycles. The van der Waals surface area contributed by atoms with Crippen molar-refractivity contribution in [3.05, 3.63) is 64.8 Å². The second kappa shape index (κ2) is 8.23. The fraction of sp³-hybridized carbons (Fsp3) is 0.391. The molecule has 4 rings (SSSR count). The van der Waals surface area contributed by atoms with Crippen LogP contribution in [0, 0.1) is 13.8 Å². The molecule has 0 spiro atoms. The van der Waals surface area contributed by atoms with Crippen LogP contribution < -0.4 is 4.90 Å². The van der Waals surface area contributed by atoms with Gasteiger partial charge in [-0.25, -0.2) is 9.69 Å². The lowest BCUT2D eigenvalue weighted by molar-refractivity contribution is -0.123. The molecule has 2 aromatic heterocycles. The molecule has 1 saturated heterocycles. The monoisotopic (exact) mass is 437 g/mol. The van der Waals surface area contributed by atoms with Crippen LogP contribution in [0.3, 0.4) is 0 Å². The molecule has 0 radical (unpaired) electrons. The van der Waals surface area contributed by atoms with Gasteiger partial charge in [-0.3, -0.25) is 9.48 Å². The van der Waals surface area contributed by atoms with Crippen molar-refractivity contribution in [2.45, 2.75) is 52.9 Å². The number of benzene rings is 1. The first kappa shape index (κ1) is 21.8. The molecular formula is C23H27N5O4. The molecule has 0 aliphatic carbocycles. The lowest BCUT2D eigenvalue weighted by atomic mass is 10.0. The van der Waals surface area contributed by atoms with Gasteiger partial charge in [-0.1, -0.05) is 29.4 Å². The van der Waals surface area contributed by atoms with Gasteiger partial charge in [0.05, 0.1) is 30.7 Å². The van der Waals surface area contributed by atoms with Crippen LogP contribution in [0.25, 0.3) is 0 Å². The number of urea groups is 1. The van der Waals surface area contributed by atoms with Crippen LogP contribution in [0.15, 0.2) is 41.2 Å². The molecule has 9 nitrogen and oxygen atoms in total. The number of hydrogen-bond acceptors (Lipinski definition) is 6. The summed E-state index contributed by atoms with van der Waals surface area (Å²) in [6, 6.07) is 7.46. The van der Waals surface area contributed by atoms with E-state index < -0.39 is 5.54 Å². The van der Waals surface area contributed by atoms with Crippen molar-refractivity contribution in [1.82, 2.24) is 19.8 Å². The minimum Gasteiger partial charge on any atom is -0.380 e. The molecule has 9 heteroatoms. The Morgan fingerprint density at radius 1 is 1.12 bits per heavy atom. The average molecular weight is 438 g/mol. The number of carbonyl (C=O) groups excluding carboxylic acids is 2. The average Bonchev–Trinajstić information content (AvgIpc) is 3.38. The van der Waals surface area contributed by atoms with Crippen LogP contribution in [0.5, 0.6) is 0 Å². The number of anilines is 1. The molecule has 0 unspecified atom stereocenters. The zero-order chi connectivity index (χ0) is 23.0. The summed E-state index contributed by atoms with van der Waals surface area (Å²) in [5, 5.41) is 8.30. The van der Waals surface area contributed by atoms with Crippen LogP contribution in [0.4, 0.5) is 10.5 Å². The van der Waals surface area contributed by atoms with Gasteiger partial charge in [0.1, 0.15) is 11.3 Å². The Kier molecular flexibility index (Phi) is 5.60. The maximum atomic E-state index is 13.3. The summed E-state index contributed by atoms with van der Waals surface area (Å²) in [5.41, 5.74) is 3.11. The van der Waals surface area contributed by atoms with E-state index in [-0.39, 0.29) is 11.9 Å². The Balaban J connectivity index is 1.57. The van der Waals surface area contributed by atoms with Crippen LogP contribution in [0.1, 0.15) is 42.0 Å². The molecule has 0 saturated carbocycles. The third kappa shape index (κ3) is 3.80. The molecule has 32 heavy (non-hydrogen) atoms. The van der Waals surface area contributed by atoms with E-state index in [9.17, 15) is 9.59 Å². The topological polar surface area (TPSA) is 93.7 Å². The summed E-state index contributed by atoms with van der Waals surface area (Å²) < 4.78 is 12.1. The van der Waals surface area contributed by atoms with Crippen molar-refractivity contribution < 1.29 is 18.8 Å². The largest absolute Gasteiger partial charge is 0.380 e. The summed E-state index contributed by atoms with van der Waals surface area (Å²) in [6.07, 6.45) is 3.23. The summed E-state index contributed by atoms with van der Waals surface area (Å²) >= 11 is 0. The number of amides is 3. The fourth-order valence-electron chi connectivity index (χ4n) is 3.94. The highest BCUT2D eigenvalue weighted by Crippen LogP contribution is 2.33. The van der Waals surface area contributed by atoms with E-state index in [4.69, 9.17) is 9.26 Å². The third-order valence-electron chi connectivity index (χ3n) is 5.85. The van der Waals surface area contributed by atoms with Gasteiger partial charge in [-0.15, -0.1) is 0 Å². The van der Waals surface area contributed by atoms with Gasteiger partial charge < -0.3 is 14.2 Å². The molecule has 3 aromatic rings. The van der Waals surface area contributed by atoms with Gasteiger partial charge in [-0.2, -0.15) is 5.10 Å². The smallest absolute Gasteiger partial charge is 0.332 e. The lowest BCUT2D eigenvalue weighted by Crippen LogP contribution is -2.43. The molecule has 1 aliphatic heterocycles. The summed E-state index contributed by atoms with van der Waals surface area (Å²) in [4.78, 5) is 29.3. The Bertz CT molecular complexity index is 1140. The molecule has 1 aliphatic rings. The van der Waals surface area contributed by atoms with Gasteiger partial charge in [0.15, 0.2) is 0 Å². The normalized spacial score (nSPS) is 15.8. The van der Waals surface area contributed by atoms with E-state index in [1.54, 1.807) is 36.7 Å². The number of ether oxygens (including phenoxy) is 1. The van der Waals surface area contributed by atoms with Crippen molar-refractivity contribution >= 4 is 17.6 Å². The molecule has 168 valence electrons. The highest BCUT2D eigenvalue weighted by molar-refractivity contribution is 6.22.